The molecular weight excluding hydrogens is 240 g/mol. The lowest BCUT2D eigenvalue weighted by Gasteiger charge is -2.03. The number of aromatic nitrogens is 4. The molecule has 2 heterocycles. The lowest BCUT2D eigenvalue weighted by Crippen LogP contribution is -2.16. The monoisotopic (exact) mass is 248 g/mol. The molecule has 0 aliphatic heterocycles. The van der Waals surface area contributed by atoms with Gasteiger partial charge in [-0.3, -0.25) is 0 Å². The third-order valence-electron chi connectivity index (χ3n) is 1.75. The predicted octanol–water partition coefficient (Wildman–Crippen LogP) is 0.512. The summed E-state index contributed by atoms with van der Waals surface area (Å²) in [7, 11) is 0. The molecule has 2 rings (SSSR count). The fourth-order valence-corrected chi connectivity index (χ4v) is 1.82. The lowest BCUT2D eigenvalue weighted by molar-refractivity contribution is 0.318. The van der Waals surface area contributed by atoms with Crippen LogP contribution in [0.4, 0.5) is 0 Å². The smallest absolute Gasteiger partial charge is 0.193 e. The Morgan fingerprint density at radius 3 is 2.53 bits per heavy atom. The Bertz CT molecular complexity index is 532. The van der Waals surface area contributed by atoms with Crippen molar-refractivity contribution in [2.75, 3.05) is 0 Å². The van der Waals surface area contributed by atoms with Gasteiger partial charge < -0.3 is 10.9 Å². The molecule has 0 saturated heterocycles. The molecular formula is C9H8N6OS. The van der Waals surface area contributed by atoms with Gasteiger partial charge >= 0.3 is 0 Å². The Labute approximate surface area is 101 Å². The molecule has 0 aliphatic rings. The van der Waals surface area contributed by atoms with E-state index in [0.29, 0.717) is 15.9 Å². The van der Waals surface area contributed by atoms with Crippen molar-refractivity contribution in [3.8, 4) is 0 Å². The maximum absolute atomic E-state index is 8.63. The van der Waals surface area contributed by atoms with Gasteiger partial charge in [0.05, 0.1) is 0 Å². The van der Waals surface area contributed by atoms with E-state index in [1.165, 1.54) is 24.2 Å². The maximum atomic E-state index is 8.63. The van der Waals surface area contributed by atoms with Crippen LogP contribution in [0.2, 0.25) is 0 Å². The second-order valence-corrected chi connectivity index (χ2v) is 3.78. The second kappa shape index (κ2) is 5.21. The predicted molar refractivity (Wildman–Crippen MR) is 60.7 cm³/mol. The van der Waals surface area contributed by atoms with Crippen molar-refractivity contribution in [2.45, 2.75) is 10.2 Å². The molecule has 3 N–H and O–H groups in total. The molecule has 7 nitrogen and oxygen atoms in total. The molecule has 86 valence electrons. The summed E-state index contributed by atoms with van der Waals surface area (Å²) < 4.78 is 0. The molecule has 0 unspecified atom stereocenters. The van der Waals surface area contributed by atoms with E-state index in [9.17, 15) is 0 Å². The van der Waals surface area contributed by atoms with Gasteiger partial charge in [-0.05, 0) is 17.8 Å². The first-order chi connectivity index (χ1) is 8.31. The van der Waals surface area contributed by atoms with Crippen LogP contribution in [0.1, 0.15) is 5.69 Å². The largest absolute Gasteiger partial charge is 0.409 e. The van der Waals surface area contributed by atoms with E-state index in [2.05, 4.69) is 25.1 Å². The highest BCUT2D eigenvalue weighted by atomic mass is 32.2. The van der Waals surface area contributed by atoms with Crippen LogP contribution >= 0.6 is 11.8 Å². The zero-order valence-electron chi connectivity index (χ0n) is 8.56. The van der Waals surface area contributed by atoms with E-state index in [1.807, 2.05) is 0 Å². The normalized spacial score (nSPS) is 11.4. The van der Waals surface area contributed by atoms with Gasteiger partial charge in [0.25, 0.3) is 0 Å². The highest BCUT2D eigenvalue weighted by Crippen LogP contribution is 2.23. The van der Waals surface area contributed by atoms with Crippen molar-refractivity contribution >= 4 is 17.6 Å². The second-order valence-electron chi connectivity index (χ2n) is 2.83. The Morgan fingerprint density at radius 1 is 1.12 bits per heavy atom. The number of nitrogens with two attached hydrogens (primary N) is 1. The number of hydrogen-bond acceptors (Lipinski definition) is 7. The molecule has 0 aromatic carbocycles. The van der Waals surface area contributed by atoms with Crippen LogP contribution in [0.5, 0.6) is 0 Å². The summed E-state index contributed by atoms with van der Waals surface area (Å²) >= 11 is 1.19. The lowest BCUT2D eigenvalue weighted by atomic mass is 10.4. The molecule has 17 heavy (non-hydrogen) atoms. The van der Waals surface area contributed by atoms with Crippen LogP contribution < -0.4 is 5.73 Å². The molecule has 0 bridgehead atoms. The van der Waals surface area contributed by atoms with E-state index in [-0.39, 0.29) is 5.84 Å². The minimum absolute atomic E-state index is 0.100. The third-order valence-corrected chi connectivity index (χ3v) is 2.63. The summed E-state index contributed by atoms with van der Waals surface area (Å²) in [5.41, 5.74) is 5.79. The van der Waals surface area contributed by atoms with Crippen molar-refractivity contribution in [1.29, 1.82) is 0 Å². The Morgan fingerprint density at radius 2 is 1.82 bits per heavy atom. The average Bonchev–Trinajstić information content (AvgIpc) is 2.40. The van der Waals surface area contributed by atoms with E-state index in [1.54, 1.807) is 18.5 Å². The molecule has 0 aliphatic carbocycles. The summed E-state index contributed by atoms with van der Waals surface area (Å²) in [4.78, 5) is 16.2. The van der Waals surface area contributed by atoms with Gasteiger partial charge in [0.2, 0.25) is 0 Å². The van der Waals surface area contributed by atoms with E-state index >= 15 is 0 Å². The van der Waals surface area contributed by atoms with E-state index < -0.39 is 0 Å². The fraction of sp³-hybridized carbons (Fsp3) is 0. The minimum Gasteiger partial charge on any atom is -0.409 e. The van der Waals surface area contributed by atoms with Crippen LogP contribution in [0.15, 0.2) is 46.2 Å². The number of rotatable bonds is 3. The number of hydrogen-bond donors (Lipinski definition) is 2. The SMILES string of the molecule is N/C(=N/O)c1nccnc1Sc1ncccn1. The van der Waals surface area contributed by atoms with Crippen molar-refractivity contribution in [3.63, 3.8) is 0 Å². The van der Waals surface area contributed by atoms with Crippen molar-refractivity contribution in [2.24, 2.45) is 10.9 Å². The first kappa shape index (κ1) is 11.3. The maximum Gasteiger partial charge on any atom is 0.193 e. The summed E-state index contributed by atoms with van der Waals surface area (Å²) in [6.45, 7) is 0. The molecule has 0 amide bonds. The Hall–Kier alpha value is -2.22. The Kier molecular flexibility index (Phi) is 3.46. The summed E-state index contributed by atoms with van der Waals surface area (Å²) in [5, 5.41) is 12.5. The zero-order valence-corrected chi connectivity index (χ0v) is 9.37. The number of nitrogens with zero attached hydrogens (tertiary/aromatic N) is 5. The van der Waals surface area contributed by atoms with E-state index in [4.69, 9.17) is 10.9 Å². The molecule has 0 saturated carbocycles. The van der Waals surface area contributed by atoms with Crippen molar-refractivity contribution in [3.05, 3.63) is 36.5 Å². The van der Waals surface area contributed by atoms with Gasteiger partial charge in [0.15, 0.2) is 11.0 Å². The van der Waals surface area contributed by atoms with Crippen LogP contribution in [0.3, 0.4) is 0 Å². The molecule has 8 heteroatoms. The molecule has 0 radical (unpaired) electrons. The molecule has 2 aromatic heterocycles. The molecule has 0 spiro atoms. The van der Waals surface area contributed by atoms with Crippen molar-refractivity contribution in [1.82, 2.24) is 19.9 Å². The Balaban J connectivity index is 2.33. The van der Waals surface area contributed by atoms with Gasteiger partial charge in [0.1, 0.15) is 10.7 Å². The van der Waals surface area contributed by atoms with Crippen LogP contribution in [-0.2, 0) is 0 Å². The number of amidine groups is 1. The van der Waals surface area contributed by atoms with Gasteiger partial charge in [-0.15, -0.1) is 0 Å². The quantitative estimate of drug-likeness (QED) is 0.268. The minimum atomic E-state index is -0.100. The van der Waals surface area contributed by atoms with Crippen molar-refractivity contribution < 1.29 is 5.21 Å². The topological polar surface area (TPSA) is 110 Å². The summed E-state index contributed by atoms with van der Waals surface area (Å²) in [6.07, 6.45) is 6.21. The summed E-state index contributed by atoms with van der Waals surface area (Å²) in [6, 6.07) is 1.71. The summed E-state index contributed by atoms with van der Waals surface area (Å²) in [5.74, 6) is -0.100. The van der Waals surface area contributed by atoms with Crippen LogP contribution in [-0.4, -0.2) is 31.0 Å². The zero-order chi connectivity index (χ0) is 12.1. The highest BCUT2D eigenvalue weighted by molar-refractivity contribution is 7.99. The van der Waals surface area contributed by atoms with Gasteiger partial charge in [-0.1, -0.05) is 5.16 Å². The van der Waals surface area contributed by atoms with Gasteiger partial charge in [0, 0.05) is 24.8 Å². The standard InChI is InChI=1S/C9H8N6OS/c10-7(15-16)6-8(12-5-4-11-6)17-9-13-2-1-3-14-9/h1-5,16H,(H2,10,15). The van der Waals surface area contributed by atoms with Crippen LogP contribution in [0, 0.1) is 0 Å². The first-order valence-electron chi connectivity index (χ1n) is 4.55. The molecule has 2 aromatic rings. The first-order valence-corrected chi connectivity index (χ1v) is 5.36. The molecule has 0 fully saturated rings. The average molecular weight is 248 g/mol. The van der Waals surface area contributed by atoms with Crippen LogP contribution in [0.25, 0.3) is 0 Å². The van der Waals surface area contributed by atoms with Gasteiger partial charge in [-0.25, -0.2) is 19.9 Å². The highest BCUT2D eigenvalue weighted by Gasteiger charge is 2.12. The number of oxime groups is 1. The fourth-order valence-electron chi connectivity index (χ4n) is 1.05. The van der Waals surface area contributed by atoms with Gasteiger partial charge in [-0.2, -0.15) is 0 Å². The van der Waals surface area contributed by atoms with E-state index in [0.717, 1.165) is 0 Å². The third kappa shape index (κ3) is 2.67. The molecule has 0 atom stereocenters.